The van der Waals surface area contributed by atoms with Crippen molar-refractivity contribution in [3.63, 3.8) is 0 Å². The zero-order chi connectivity index (χ0) is 13.8. The minimum atomic E-state index is -3.40. The molecule has 6 heteroatoms. The summed E-state index contributed by atoms with van der Waals surface area (Å²) in [5, 5.41) is 0. The average molecular weight is 286 g/mol. The molecule has 4 nitrogen and oxygen atoms in total. The van der Waals surface area contributed by atoms with Gasteiger partial charge in [-0.25, -0.2) is 12.7 Å². The number of thiocarbonyl (C=S) groups is 1. The van der Waals surface area contributed by atoms with Gasteiger partial charge < -0.3 is 5.73 Å². The van der Waals surface area contributed by atoms with Gasteiger partial charge in [-0.3, -0.25) is 0 Å². The van der Waals surface area contributed by atoms with Crippen LogP contribution in [0, 0.1) is 0 Å². The second kappa shape index (κ2) is 6.26. The van der Waals surface area contributed by atoms with E-state index in [0.717, 1.165) is 12.8 Å². The number of benzene rings is 1. The minimum Gasteiger partial charge on any atom is -0.389 e. The molecule has 0 atom stereocenters. The van der Waals surface area contributed by atoms with Crippen LogP contribution >= 0.6 is 12.2 Å². The van der Waals surface area contributed by atoms with Crippen molar-refractivity contribution in [3.8, 4) is 0 Å². The van der Waals surface area contributed by atoms with Crippen LogP contribution in [-0.2, 0) is 10.0 Å². The number of unbranched alkanes of at least 4 members (excludes halogenated alkanes) is 1. The van der Waals surface area contributed by atoms with Crippen LogP contribution < -0.4 is 5.73 Å². The molecule has 0 fully saturated rings. The molecule has 0 saturated carbocycles. The molecular formula is C12H18N2O2S2. The molecule has 0 heterocycles. The van der Waals surface area contributed by atoms with E-state index in [1.807, 2.05) is 6.92 Å². The second-order valence-electron chi connectivity index (χ2n) is 4.07. The largest absolute Gasteiger partial charge is 0.389 e. The van der Waals surface area contributed by atoms with Gasteiger partial charge in [0.25, 0.3) is 0 Å². The monoisotopic (exact) mass is 286 g/mol. The Labute approximate surface area is 114 Å². The third-order valence-corrected chi connectivity index (χ3v) is 4.78. The first-order valence-corrected chi connectivity index (χ1v) is 7.60. The van der Waals surface area contributed by atoms with Gasteiger partial charge in [0.05, 0.1) is 4.90 Å². The highest BCUT2D eigenvalue weighted by Gasteiger charge is 2.19. The molecule has 0 radical (unpaired) electrons. The zero-order valence-electron chi connectivity index (χ0n) is 10.6. The summed E-state index contributed by atoms with van der Waals surface area (Å²) in [4.78, 5) is 0.527. The standard InChI is InChI=1S/C12H18N2O2S2/c1-3-4-9-14(2)18(15,16)11-7-5-10(6-8-11)12(13)17/h5-8H,3-4,9H2,1-2H3,(H2,13,17). The third kappa shape index (κ3) is 3.51. The highest BCUT2D eigenvalue weighted by molar-refractivity contribution is 7.89. The maximum atomic E-state index is 12.2. The number of rotatable bonds is 6. The lowest BCUT2D eigenvalue weighted by molar-refractivity contribution is 0.459. The summed E-state index contributed by atoms with van der Waals surface area (Å²) < 4.78 is 25.7. The van der Waals surface area contributed by atoms with E-state index in [0.29, 0.717) is 12.1 Å². The first-order chi connectivity index (χ1) is 8.39. The molecule has 100 valence electrons. The Bertz CT molecular complexity index is 509. The predicted octanol–water partition coefficient (Wildman–Crippen LogP) is 1.74. The van der Waals surface area contributed by atoms with E-state index in [1.165, 1.54) is 16.4 Å². The minimum absolute atomic E-state index is 0.262. The number of nitrogens with two attached hydrogens (primary N) is 1. The maximum Gasteiger partial charge on any atom is 0.242 e. The molecule has 1 aromatic rings. The summed E-state index contributed by atoms with van der Waals surface area (Å²) in [7, 11) is -1.81. The molecule has 1 rings (SSSR count). The van der Waals surface area contributed by atoms with Gasteiger partial charge in [0.15, 0.2) is 0 Å². The Hall–Kier alpha value is -0.980. The Kier molecular flexibility index (Phi) is 5.25. The van der Waals surface area contributed by atoms with E-state index >= 15 is 0 Å². The quantitative estimate of drug-likeness (QED) is 0.809. The predicted molar refractivity (Wildman–Crippen MR) is 77.1 cm³/mol. The highest BCUT2D eigenvalue weighted by Crippen LogP contribution is 2.15. The van der Waals surface area contributed by atoms with Crippen LogP contribution in [0.2, 0.25) is 0 Å². The molecule has 0 spiro atoms. The van der Waals surface area contributed by atoms with Crippen molar-refractivity contribution in [1.29, 1.82) is 0 Å². The van der Waals surface area contributed by atoms with E-state index in [-0.39, 0.29) is 9.88 Å². The van der Waals surface area contributed by atoms with Crippen LogP contribution in [-0.4, -0.2) is 31.3 Å². The van der Waals surface area contributed by atoms with Gasteiger partial charge in [-0.1, -0.05) is 37.7 Å². The van der Waals surface area contributed by atoms with Crippen molar-refractivity contribution in [2.75, 3.05) is 13.6 Å². The summed E-state index contributed by atoms with van der Waals surface area (Å²) in [6, 6.07) is 6.32. The molecular weight excluding hydrogens is 268 g/mol. The SMILES string of the molecule is CCCCN(C)S(=O)(=O)c1ccc(C(N)=S)cc1. The van der Waals surface area contributed by atoms with Crippen molar-refractivity contribution in [3.05, 3.63) is 29.8 Å². The van der Waals surface area contributed by atoms with Gasteiger partial charge in [0, 0.05) is 19.2 Å². The van der Waals surface area contributed by atoms with Crippen molar-refractivity contribution >= 4 is 27.2 Å². The van der Waals surface area contributed by atoms with Gasteiger partial charge in [-0.15, -0.1) is 0 Å². The summed E-state index contributed by atoms with van der Waals surface area (Å²) in [5.74, 6) is 0. The molecule has 0 aromatic heterocycles. The molecule has 1 aromatic carbocycles. The lowest BCUT2D eigenvalue weighted by Gasteiger charge is -2.16. The molecule has 0 bridgehead atoms. The third-order valence-electron chi connectivity index (χ3n) is 2.67. The molecule has 2 N–H and O–H groups in total. The first-order valence-electron chi connectivity index (χ1n) is 5.75. The van der Waals surface area contributed by atoms with E-state index in [2.05, 4.69) is 0 Å². The molecule has 0 aliphatic heterocycles. The average Bonchev–Trinajstić information content (AvgIpc) is 2.35. The van der Waals surface area contributed by atoms with Crippen LogP contribution in [0.1, 0.15) is 25.3 Å². The Morgan fingerprint density at radius 3 is 2.33 bits per heavy atom. The molecule has 0 aliphatic rings. The van der Waals surface area contributed by atoms with Gasteiger partial charge in [-0.05, 0) is 18.6 Å². The van der Waals surface area contributed by atoms with Gasteiger partial charge in [0.1, 0.15) is 4.99 Å². The smallest absolute Gasteiger partial charge is 0.242 e. The summed E-state index contributed by atoms with van der Waals surface area (Å²) >= 11 is 4.83. The first kappa shape index (κ1) is 15.1. The maximum absolute atomic E-state index is 12.2. The number of hydrogen-bond acceptors (Lipinski definition) is 3. The molecule has 0 saturated heterocycles. The van der Waals surface area contributed by atoms with Gasteiger partial charge in [-0.2, -0.15) is 0 Å². The zero-order valence-corrected chi connectivity index (χ0v) is 12.2. The van der Waals surface area contributed by atoms with E-state index in [4.69, 9.17) is 18.0 Å². The van der Waals surface area contributed by atoms with Crippen LogP contribution in [0.25, 0.3) is 0 Å². The fraction of sp³-hybridized carbons (Fsp3) is 0.417. The van der Waals surface area contributed by atoms with Gasteiger partial charge in [0.2, 0.25) is 10.0 Å². The van der Waals surface area contributed by atoms with Crippen LogP contribution in [0.4, 0.5) is 0 Å². The fourth-order valence-corrected chi connectivity index (χ4v) is 2.82. The van der Waals surface area contributed by atoms with E-state index in [1.54, 1.807) is 19.2 Å². The molecule has 0 unspecified atom stereocenters. The lowest BCUT2D eigenvalue weighted by atomic mass is 10.2. The fourth-order valence-electron chi connectivity index (χ4n) is 1.47. The van der Waals surface area contributed by atoms with Crippen molar-refractivity contribution in [2.24, 2.45) is 5.73 Å². The second-order valence-corrected chi connectivity index (χ2v) is 6.55. The Morgan fingerprint density at radius 1 is 1.33 bits per heavy atom. The van der Waals surface area contributed by atoms with Crippen LogP contribution in [0.5, 0.6) is 0 Å². The number of sulfonamides is 1. The normalized spacial score (nSPS) is 11.7. The van der Waals surface area contributed by atoms with E-state index in [9.17, 15) is 8.42 Å². The summed E-state index contributed by atoms with van der Waals surface area (Å²) in [5.41, 5.74) is 6.14. The molecule has 0 aliphatic carbocycles. The van der Waals surface area contributed by atoms with E-state index < -0.39 is 10.0 Å². The topological polar surface area (TPSA) is 63.4 Å². The number of hydrogen-bond donors (Lipinski definition) is 1. The number of nitrogens with zero attached hydrogens (tertiary/aromatic N) is 1. The van der Waals surface area contributed by atoms with Crippen molar-refractivity contribution in [2.45, 2.75) is 24.7 Å². The van der Waals surface area contributed by atoms with Crippen molar-refractivity contribution in [1.82, 2.24) is 4.31 Å². The summed E-state index contributed by atoms with van der Waals surface area (Å²) in [6.07, 6.45) is 1.81. The summed E-state index contributed by atoms with van der Waals surface area (Å²) in [6.45, 7) is 2.55. The lowest BCUT2D eigenvalue weighted by Crippen LogP contribution is -2.28. The Balaban J connectivity index is 2.94. The molecule has 18 heavy (non-hydrogen) atoms. The Morgan fingerprint density at radius 2 is 1.89 bits per heavy atom. The van der Waals surface area contributed by atoms with Crippen LogP contribution in [0.3, 0.4) is 0 Å². The highest BCUT2D eigenvalue weighted by atomic mass is 32.2. The molecule has 0 amide bonds. The van der Waals surface area contributed by atoms with Crippen LogP contribution in [0.15, 0.2) is 29.2 Å². The van der Waals surface area contributed by atoms with Crippen molar-refractivity contribution < 1.29 is 8.42 Å². The van der Waals surface area contributed by atoms with Gasteiger partial charge >= 0.3 is 0 Å².